The van der Waals surface area contributed by atoms with Gasteiger partial charge < -0.3 is 4.74 Å². The normalized spacial score (nSPS) is 25.1. The molecule has 1 aromatic heterocycles. The molecule has 4 rings (SSSR count). The van der Waals surface area contributed by atoms with E-state index in [0.717, 1.165) is 5.56 Å². The number of hydrogen-bond donors (Lipinski definition) is 0. The molecule has 2 aliphatic heterocycles. The Balaban J connectivity index is 1.54. The summed E-state index contributed by atoms with van der Waals surface area (Å²) < 4.78 is 5.03. The molecule has 2 aliphatic rings. The number of likely N-dealkylation sites (tertiary alicyclic amines) is 1. The van der Waals surface area contributed by atoms with Crippen LogP contribution in [0, 0.1) is 17.2 Å². The summed E-state index contributed by atoms with van der Waals surface area (Å²) in [5.74, 6) is -0.268. The van der Waals surface area contributed by atoms with Crippen molar-refractivity contribution in [3.05, 3.63) is 54.2 Å². The lowest BCUT2D eigenvalue weighted by Crippen LogP contribution is -2.41. The molecule has 28 heavy (non-hydrogen) atoms. The number of carbonyl (C=O) groups is 2. The molecule has 1 aromatic carbocycles. The minimum atomic E-state index is -0.542. The van der Waals surface area contributed by atoms with E-state index < -0.39 is 6.04 Å². The molecule has 7 nitrogen and oxygen atoms in total. The summed E-state index contributed by atoms with van der Waals surface area (Å²) in [5.41, 5.74) is 1.53. The van der Waals surface area contributed by atoms with Crippen LogP contribution in [0.5, 0.6) is 5.88 Å². The van der Waals surface area contributed by atoms with Crippen molar-refractivity contribution in [2.24, 2.45) is 5.92 Å². The number of rotatable bonds is 4. The highest BCUT2D eigenvalue weighted by Crippen LogP contribution is 2.36. The fourth-order valence-corrected chi connectivity index (χ4v) is 4.06. The van der Waals surface area contributed by atoms with Gasteiger partial charge >= 0.3 is 0 Å². The van der Waals surface area contributed by atoms with Gasteiger partial charge in [0.1, 0.15) is 0 Å². The van der Waals surface area contributed by atoms with Gasteiger partial charge in [-0.05, 0) is 11.6 Å². The average Bonchev–Trinajstić information content (AvgIpc) is 3.29. The van der Waals surface area contributed by atoms with E-state index in [4.69, 9.17) is 4.74 Å². The average molecular weight is 376 g/mol. The zero-order valence-corrected chi connectivity index (χ0v) is 15.5. The van der Waals surface area contributed by atoms with Crippen molar-refractivity contribution in [1.82, 2.24) is 9.88 Å². The zero-order valence-electron chi connectivity index (χ0n) is 15.5. The number of aromatic nitrogens is 1. The molecule has 1 unspecified atom stereocenters. The molecule has 7 heteroatoms. The number of anilines is 1. The van der Waals surface area contributed by atoms with E-state index in [1.165, 1.54) is 18.2 Å². The van der Waals surface area contributed by atoms with Gasteiger partial charge in [0, 0.05) is 25.1 Å². The number of imide groups is 1. The van der Waals surface area contributed by atoms with E-state index in [2.05, 4.69) is 11.1 Å². The van der Waals surface area contributed by atoms with Crippen molar-refractivity contribution in [2.75, 3.05) is 25.1 Å². The number of hydrogen-bond acceptors (Lipinski definition) is 6. The molecular weight excluding hydrogens is 356 g/mol. The number of nitrogens with zero attached hydrogens (tertiary/aromatic N) is 4. The maximum Gasteiger partial charge on any atom is 0.251 e. The molecule has 2 saturated heterocycles. The van der Waals surface area contributed by atoms with E-state index >= 15 is 0 Å². The molecule has 0 saturated carbocycles. The van der Waals surface area contributed by atoms with Gasteiger partial charge in [0.15, 0.2) is 0 Å². The van der Waals surface area contributed by atoms with Crippen LogP contribution in [0.15, 0.2) is 48.7 Å². The van der Waals surface area contributed by atoms with Gasteiger partial charge in [-0.2, -0.15) is 5.26 Å². The van der Waals surface area contributed by atoms with E-state index in [1.807, 2.05) is 35.2 Å². The number of amides is 2. The van der Waals surface area contributed by atoms with Gasteiger partial charge in [0.2, 0.25) is 11.8 Å². The van der Waals surface area contributed by atoms with Crippen LogP contribution in [0.1, 0.15) is 17.9 Å². The quantitative estimate of drug-likeness (QED) is 0.758. The molecule has 0 N–H and O–H groups in total. The van der Waals surface area contributed by atoms with Crippen molar-refractivity contribution < 1.29 is 14.3 Å². The number of carbonyl (C=O) groups excluding carboxylic acids is 2. The Kier molecular flexibility index (Phi) is 4.80. The molecule has 0 aliphatic carbocycles. The maximum absolute atomic E-state index is 13.0. The standard InChI is InChI=1S/C21H20N4O3/c1-28-19-8-7-16(11-23-19)25-20(26)9-18(21(25)27)24-12-15(10-22)17(13-24)14-5-3-2-4-6-14/h2-8,11,15,17-18H,9,12-13H2,1H3/t15-,17+,18?/m1/s1. The minimum Gasteiger partial charge on any atom is -0.481 e. The first-order chi connectivity index (χ1) is 13.6. The SMILES string of the molecule is COc1ccc(N2C(=O)CC(N3C[C@@H](C#N)[C@H](c4ccccc4)C3)C2=O)cn1. The van der Waals surface area contributed by atoms with Crippen LogP contribution in [-0.4, -0.2) is 47.9 Å². The third-order valence-corrected chi connectivity index (χ3v) is 5.49. The summed E-state index contributed by atoms with van der Waals surface area (Å²) in [6.45, 7) is 1.06. The van der Waals surface area contributed by atoms with E-state index in [1.54, 1.807) is 12.1 Å². The van der Waals surface area contributed by atoms with Gasteiger partial charge in [-0.1, -0.05) is 30.3 Å². The second kappa shape index (κ2) is 7.41. The third-order valence-electron chi connectivity index (χ3n) is 5.49. The van der Waals surface area contributed by atoms with Gasteiger partial charge in [-0.15, -0.1) is 0 Å². The van der Waals surface area contributed by atoms with Gasteiger partial charge in [0.25, 0.3) is 5.91 Å². The van der Waals surface area contributed by atoms with Gasteiger partial charge in [-0.3, -0.25) is 14.5 Å². The molecular formula is C21H20N4O3. The van der Waals surface area contributed by atoms with Crippen LogP contribution >= 0.6 is 0 Å². The predicted octanol–water partition coefficient (Wildman–Crippen LogP) is 1.96. The Hall–Kier alpha value is -3.24. The van der Waals surface area contributed by atoms with E-state index in [9.17, 15) is 14.9 Å². The van der Waals surface area contributed by atoms with Crippen LogP contribution in [0.25, 0.3) is 0 Å². The molecule has 0 spiro atoms. The van der Waals surface area contributed by atoms with Crippen LogP contribution in [0.2, 0.25) is 0 Å². The van der Waals surface area contributed by atoms with Crippen molar-refractivity contribution >= 4 is 17.5 Å². The second-order valence-corrected chi connectivity index (χ2v) is 7.05. The summed E-state index contributed by atoms with van der Waals surface area (Å²) in [7, 11) is 1.51. The van der Waals surface area contributed by atoms with Crippen LogP contribution in [0.4, 0.5) is 5.69 Å². The summed E-state index contributed by atoms with van der Waals surface area (Å²) in [6.07, 6.45) is 1.58. The Morgan fingerprint density at radius 1 is 1.14 bits per heavy atom. The number of methoxy groups -OCH3 is 1. The Bertz CT molecular complexity index is 923. The molecule has 2 aromatic rings. The molecule has 0 bridgehead atoms. The van der Waals surface area contributed by atoms with Crippen LogP contribution < -0.4 is 9.64 Å². The fraction of sp³-hybridized carbons (Fsp3) is 0.333. The molecule has 142 valence electrons. The second-order valence-electron chi connectivity index (χ2n) is 7.05. The van der Waals surface area contributed by atoms with Crippen LogP contribution in [0.3, 0.4) is 0 Å². The van der Waals surface area contributed by atoms with Crippen molar-refractivity contribution in [3.63, 3.8) is 0 Å². The molecule has 2 fully saturated rings. The first-order valence-electron chi connectivity index (χ1n) is 9.18. The summed E-state index contributed by atoms with van der Waals surface area (Å²) in [4.78, 5) is 32.8. The smallest absolute Gasteiger partial charge is 0.251 e. The number of ether oxygens (including phenoxy) is 1. The highest BCUT2D eigenvalue weighted by atomic mass is 16.5. The fourth-order valence-electron chi connectivity index (χ4n) is 4.06. The summed E-state index contributed by atoms with van der Waals surface area (Å²) in [5, 5.41) is 9.60. The third kappa shape index (κ3) is 3.12. The maximum atomic E-state index is 13.0. The minimum absolute atomic E-state index is 0.0332. The molecule has 2 amide bonds. The lowest BCUT2D eigenvalue weighted by molar-refractivity contribution is -0.122. The van der Waals surface area contributed by atoms with E-state index in [0.29, 0.717) is 24.7 Å². The Labute approximate surface area is 163 Å². The Morgan fingerprint density at radius 3 is 2.57 bits per heavy atom. The highest BCUT2D eigenvalue weighted by molar-refractivity contribution is 6.22. The lowest BCUT2D eigenvalue weighted by atomic mass is 9.90. The summed E-state index contributed by atoms with van der Waals surface area (Å²) in [6, 6.07) is 15.0. The van der Waals surface area contributed by atoms with Crippen molar-refractivity contribution in [2.45, 2.75) is 18.4 Å². The molecule has 3 atom stereocenters. The first kappa shape index (κ1) is 18.1. The lowest BCUT2D eigenvalue weighted by Gasteiger charge is -2.22. The summed E-state index contributed by atoms with van der Waals surface area (Å²) >= 11 is 0. The van der Waals surface area contributed by atoms with Gasteiger partial charge in [0.05, 0.1) is 43.4 Å². The monoisotopic (exact) mass is 376 g/mol. The van der Waals surface area contributed by atoms with Gasteiger partial charge in [-0.25, -0.2) is 9.88 Å². The number of benzene rings is 1. The first-order valence-corrected chi connectivity index (χ1v) is 9.18. The highest BCUT2D eigenvalue weighted by Gasteiger charge is 2.47. The number of pyridine rings is 1. The topological polar surface area (TPSA) is 86.5 Å². The molecule has 3 heterocycles. The van der Waals surface area contributed by atoms with Crippen LogP contribution in [-0.2, 0) is 9.59 Å². The Morgan fingerprint density at radius 2 is 1.93 bits per heavy atom. The largest absolute Gasteiger partial charge is 0.481 e. The van der Waals surface area contributed by atoms with E-state index in [-0.39, 0.29) is 30.1 Å². The predicted molar refractivity (Wildman–Crippen MR) is 102 cm³/mol. The van der Waals surface area contributed by atoms with Crippen molar-refractivity contribution in [3.8, 4) is 11.9 Å². The van der Waals surface area contributed by atoms with Crippen molar-refractivity contribution in [1.29, 1.82) is 5.26 Å². The molecule has 0 radical (unpaired) electrons. The number of nitriles is 1. The zero-order chi connectivity index (χ0) is 19.7.